The summed E-state index contributed by atoms with van der Waals surface area (Å²) in [6, 6.07) is 2.84. The largest absolute Gasteiger partial charge is 0.314 e. The van der Waals surface area contributed by atoms with Gasteiger partial charge in [-0.1, -0.05) is 39.0 Å². The van der Waals surface area contributed by atoms with Crippen LogP contribution in [0.25, 0.3) is 0 Å². The predicted molar refractivity (Wildman–Crippen MR) is 80.3 cm³/mol. The van der Waals surface area contributed by atoms with Crippen LogP contribution in [0.5, 0.6) is 0 Å². The van der Waals surface area contributed by atoms with E-state index < -0.39 is 0 Å². The highest BCUT2D eigenvalue weighted by atomic mass is 15.3. The molecule has 1 saturated carbocycles. The first-order valence-electron chi connectivity index (χ1n) is 7.92. The van der Waals surface area contributed by atoms with Gasteiger partial charge in [-0.2, -0.15) is 5.10 Å². The Bertz CT molecular complexity index is 377. The van der Waals surface area contributed by atoms with Gasteiger partial charge in [0.25, 0.3) is 0 Å². The van der Waals surface area contributed by atoms with E-state index >= 15 is 0 Å². The van der Waals surface area contributed by atoms with E-state index in [1.54, 1.807) is 0 Å². The molecule has 1 unspecified atom stereocenters. The third-order valence-electron chi connectivity index (χ3n) is 4.39. The normalized spacial score (nSPS) is 18.7. The van der Waals surface area contributed by atoms with Crippen LogP contribution in [0.3, 0.4) is 0 Å². The quantitative estimate of drug-likeness (QED) is 0.854. The Kier molecular flexibility index (Phi) is 5.44. The fourth-order valence-electron chi connectivity index (χ4n) is 3.46. The van der Waals surface area contributed by atoms with Gasteiger partial charge in [0, 0.05) is 25.2 Å². The van der Waals surface area contributed by atoms with Crippen LogP contribution in [0.4, 0.5) is 0 Å². The lowest BCUT2D eigenvalue weighted by molar-refractivity contribution is 0.296. The van der Waals surface area contributed by atoms with Gasteiger partial charge in [0.05, 0.1) is 5.69 Å². The van der Waals surface area contributed by atoms with Crippen LogP contribution >= 0.6 is 0 Å². The number of nitrogens with one attached hydrogen (secondary N) is 1. The predicted octanol–water partition coefficient (Wildman–Crippen LogP) is 3.22. The molecule has 0 amide bonds. The fraction of sp³-hybridized carbons (Fsp3) is 0.812. The minimum Gasteiger partial charge on any atom is -0.314 e. The molecule has 3 heteroatoms. The number of nitrogens with zero attached hydrogens (tertiary/aromatic N) is 2. The van der Waals surface area contributed by atoms with Crippen molar-refractivity contribution in [3.05, 3.63) is 17.5 Å². The van der Waals surface area contributed by atoms with E-state index in [1.807, 2.05) is 4.68 Å². The van der Waals surface area contributed by atoms with Crippen LogP contribution < -0.4 is 5.32 Å². The second-order valence-corrected chi connectivity index (χ2v) is 6.10. The fourth-order valence-corrected chi connectivity index (χ4v) is 3.46. The zero-order valence-corrected chi connectivity index (χ0v) is 12.8. The van der Waals surface area contributed by atoms with Gasteiger partial charge in [0.15, 0.2) is 0 Å². The number of likely N-dealkylation sites (N-methyl/N-ethyl adjacent to an activating group) is 1. The molecular formula is C16H29N3. The Morgan fingerprint density at radius 3 is 2.68 bits per heavy atom. The van der Waals surface area contributed by atoms with Crippen molar-refractivity contribution in [3.63, 3.8) is 0 Å². The zero-order chi connectivity index (χ0) is 13.7. The Morgan fingerprint density at radius 2 is 2.11 bits per heavy atom. The molecule has 3 nitrogen and oxygen atoms in total. The molecule has 0 spiro atoms. The van der Waals surface area contributed by atoms with Crippen molar-refractivity contribution < 1.29 is 0 Å². The van der Waals surface area contributed by atoms with Crippen LogP contribution in [0, 0.1) is 12.8 Å². The summed E-state index contributed by atoms with van der Waals surface area (Å²) in [6.45, 7) is 5.35. The maximum atomic E-state index is 4.46. The Morgan fingerprint density at radius 1 is 1.37 bits per heavy atom. The lowest BCUT2D eigenvalue weighted by Gasteiger charge is -2.27. The van der Waals surface area contributed by atoms with Crippen molar-refractivity contribution in [2.24, 2.45) is 13.0 Å². The second-order valence-electron chi connectivity index (χ2n) is 6.10. The van der Waals surface area contributed by atoms with Crippen molar-refractivity contribution >= 4 is 0 Å². The molecule has 0 saturated heterocycles. The van der Waals surface area contributed by atoms with Gasteiger partial charge in [-0.05, 0) is 31.9 Å². The molecule has 1 atom stereocenters. The molecule has 1 aliphatic carbocycles. The van der Waals surface area contributed by atoms with Crippen LogP contribution in [0.15, 0.2) is 6.07 Å². The van der Waals surface area contributed by atoms with Gasteiger partial charge < -0.3 is 5.32 Å². The third kappa shape index (κ3) is 4.34. The third-order valence-corrected chi connectivity index (χ3v) is 4.39. The summed E-state index contributed by atoms with van der Waals surface area (Å²) in [6.07, 6.45) is 9.64. The topological polar surface area (TPSA) is 29.9 Å². The Balaban J connectivity index is 1.93. The molecular weight excluding hydrogens is 234 g/mol. The molecule has 1 aromatic rings. The first-order chi connectivity index (χ1) is 9.19. The minimum absolute atomic E-state index is 0.614. The first kappa shape index (κ1) is 14.6. The van der Waals surface area contributed by atoms with Crippen molar-refractivity contribution in [1.29, 1.82) is 0 Å². The minimum atomic E-state index is 0.614. The summed E-state index contributed by atoms with van der Waals surface area (Å²) >= 11 is 0. The lowest BCUT2D eigenvalue weighted by atomic mass is 9.84. The molecule has 1 heterocycles. The van der Waals surface area contributed by atoms with Gasteiger partial charge in [0.2, 0.25) is 0 Å². The lowest BCUT2D eigenvalue weighted by Crippen LogP contribution is -2.34. The van der Waals surface area contributed by atoms with Crippen LogP contribution in [-0.2, 0) is 13.5 Å². The summed E-state index contributed by atoms with van der Waals surface area (Å²) in [4.78, 5) is 0. The number of hydrogen-bond acceptors (Lipinski definition) is 2. The zero-order valence-electron chi connectivity index (χ0n) is 12.8. The maximum absolute atomic E-state index is 4.46. The molecule has 108 valence electrons. The van der Waals surface area contributed by atoms with E-state index in [1.165, 1.54) is 44.2 Å². The molecule has 0 aromatic carbocycles. The molecule has 1 fully saturated rings. The SMILES string of the molecule is CCNC(Cc1cc(C)nn1C)CC1CCCCC1. The highest BCUT2D eigenvalue weighted by Gasteiger charge is 2.19. The summed E-state index contributed by atoms with van der Waals surface area (Å²) in [5.41, 5.74) is 2.49. The monoisotopic (exact) mass is 263 g/mol. The standard InChI is InChI=1S/C16H29N3/c1-4-17-15(11-14-8-6-5-7-9-14)12-16-10-13(2)18-19(16)3/h10,14-15,17H,4-9,11-12H2,1-3H3. The van der Waals surface area contributed by atoms with E-state index in [2.05, 4.69) is 37.4 Å². The molecule has 19 heavy (non-hydrogen) atoms. The Labute approximate surface area is 117 Å². The van der Waals surface area contributed by atoms with Crippen molar-refractivity contribution in [2.45, 2.75) is 64.8 Å². The summed E-state index contributed by atoms with van der Waals surface area (Å²) in [7, 11) is 2.06. The van der Waals surface area contributed by atoms with Gasteiger partial charge in [-0.3, -0.25) is 4.68 Å². The number of rotatable bonds is 6. The highest BCUT2D eigenvalue weighted by molar-refractivity contribution is 5.10. The van der Waals surface area contributed by atoms with E-state index in [9.17, 15) is 0 Å². The van der Waals surface area contributed by atoms with Crippen molar-refractivity contribution in [1.82, 2.24) is 15.1 Å². The Hall–Kier alpha value is -0.830. The van der Waals surface area contributed by atoms with Crippen molar-refractivity contribution in [3.8, 4) is 0 Å². The first-order valence-corrected chi connectivity index (χ1v) is 7.92. The van der Waals surface area contributed by atoms with Gasteiger partial charge >= 0.3 is 0 Å². The van der Waals surface area contributed by atoms with Gasteiger partial charge in [-0.25, -0.2) is 0 Å². The molecule has 1 N–H and O–H groups in total. The van der Waals surface area contributed by atoms with Crippen LogP contribution in [0.1, 0.15) is 56.8 Å². The van der Waals surface area contributed by atoms with Gasteiger partial charge in [-0.15, -0.1) is 0 Å². The summed E-state index contributed by atoms with van der Waals surface area (Å²) < 4.78 is 2.04. The van der Waals surface area contributed by atoms with Crippen molar-refractivity contribution in [2.75, 3.05) is 6.54 Å². The molecule has 2 rings (SSSR count). The summed E-state index contributed by atoms with van der Waals surface area (Å²) in [5, 5.41) is 8.13. The van der Waals surface area contributed by atoms with Crippen LogP contribution in [0.2, 0.25) is 0 Å². The number of aryl methyl sites for hydroxylation is 2. The van der Waals surface area contributed by atoms with E-state index in [0.29, 0.717) is 6.04 Å². The number of hydrogen-bond donors (Lipinski definition) is 1. The highest BCUT2D eigenvalue weighted by Crippen LogP contribution is 2.28. The van der Waals surface area contributed by atoms with Crippen LogP contribution in [-0.4, -0.2) is 22.4 Å². The molecule has 0 radical (unpaired) electrons. The number of aromatic nitrogens is 2. The van der Waals surface area contributed by atoms with E-state index in [4.69, 9.17) is 0 Å². The second kappa shape index (κ2) is 7.09. The average molecular weight is 263 g/mol. The molecule has 0 bridgehead atoms. The maximum Gasteiger partial charge on any atom is 0.0596 e. The summed E-state index contributed by atoms with van der Waals surface area (Å²) in [5.74, 6) is 0.937. The smallest absolute Gasteiger partial charge is 0.0596 e. The van der Waals surface area contributed by atoms with E-state index in [-0.39, 0.29) is 0 Å². The average Bonchev–Trinajstić information content (AvgIpc) is 2.69. The van der Waals surface area contributed by atoms with E-state index in [0.717, 1.165) is 24.6 Å². The molecule has 0 aliphatic heterocycles. The molecule has 1 aliphatic rings. The van der Waals surface area contributed by atoms with Gasteiger partial charge in [0.1, 0.15) is 0 Å². The molecule has 1 aromatic heterocycles.